The molecule has 0 bridgehead atoms. The summed E-state index contributed by atoms with van der Waals surface area (Å²) < 4.78 is 18.5. The van der Waals surface area contributed by atoms with Crippen LogP contribution < -0.4 is 5.32 Å². The van der Waals surface area contributed by atoms with Crippen LogP contribution in [0.3, 0.4) is 0 Å². The molecule has 0 saturated carbocycles. The van der Waals surface area contributed by atoms with Crippen molar-refractivity contribution in [2.45, 2.75) is 31.3 Å². The molecule has 2 aliphatic rings. The maximum Gasteiger partial charge on any atom is 0.201 e. The minimum absolute atomic E-state index is 0.174. The van der Waals surface area contributed by atoms with Gasteiger partial charge in [0, 0.05) is 0 Å². The molecule has 0 amide bonds. The van der Waals surface area contributed by atoms with Gasteiger partial charge in [-0.3, -0.25) is 0 Å². The summed E-state index contributed by atoms with van der Waals surface area (Å²) >= 11 is 0. The van der Waals surface area contributed by atoms with Gasteiger partial charge in [0.15, 0.2) is 0 Å². The second kappa shape index (κ2) is 5.06. The van der Waals surface area contributed by atoms with Crippen LogP contribution in [-0.2, 0) is 11.2 Å². The smallest absolute Gasteiger partial charge is 0.201 e. The third kappa shape index (κ3) is 2.53. The molecule has 0 aromatic heterocycles. The van der Waals surface area contributed by atoms with Gasteiger partial charge in [-0.25, -0.2) is 9.38 Å². The molecular formula is C14H17FN2O. The Morgan fingerprint density at radius 2 is 2.17 bits per heavy atom. The molecule has 4 heteroatoms. The van der Waals surface area contributed by atoms with Crippen LogP contribution >= 0.6 is 0 Å². The van der Waals surface area contributed by atoms with Crippen molar-refractivity contribution in [3.05, 3.63) is 35.6 Å². The molecule has 18 heavy (non-hydrogen) atoms. The second-order valence-electron chi connectivity index (χ2n) is 4.91. The Morgan fingerprint density at radius 1 is 1.33 bits per heavy atom. The first-order chi connectivity index (χ1) is 8.81. The van der Waals surface area contributed by atoms with E-state index in [2.05, 4.69) is 10.3 Å². The molecule has 2 atom stereocenters. The van der Waals surface area contributed by atoms with Gasteiger partial charge in [-0.2, -0.15) is 0 Å². The largest absolute Gasteiger partial charge is 0.478 e. The summed E-state index contributed by atoms with van der Waals surface area (Å²) in [4.78, 5) is 4.63. The topological polar surface area (TPSA) is 33.6 Å². The zero-order valence-electron chi connectivity index (χ0n) is 10.2. The SMILES string of the molecule is Fc1ccc(CC2COC(C3CCCN3)=N2)cc1. The van der Waals surface area contributed by atoms with Gasteiger partial charge >= 0.3 is 0 Å². The van der Waals surface area contributed by atoms with E-state index in [4.69, 9.17) is 4.74 Å². The standard InChI is InChI=1S/C14H17FN2O/c15-11-5-3-10(4-6-11)8-12-9-18-14(17-12)13-2-1-7-16-13/h3-6,12-13,16H,1-2,7-9H2. The van der Waals surface area contributed by atoms with Crippen LogP contribution in [0, 0.1) is 5.82 Å². The lowest BCUT2D eigenvalue weighted by Crippen LogP contribution is -2.30. The predicted molar refractivity (Wildman–Crippen MR) is 68.3 cm³/mol. The van der Waals surface area contributed by atoms with E-state index in [1.807, 2.05) is 12.1 Å². The van der Waals surface area contributed by atoms with E-state index in [0.717, 1.165) is 30.8 Å². The first-order valence-corrected chi connectivity index (χ1v) is 6.49. The van der Waals surface area contributed by atoms with Crippen LogP contribution in [0.5, 0.6) is 0 Å². The van der Waals surface area contributed by atoms with Crippen molar-refractivity contribution in [3.63, 3.8) is 0 Å². The molecule has 0 aliphatic carbocycles. The lowest BCUT2D eigenvalue weighted by Gasteiger charge is -2.08. The summed E-state index contributed by atoms with van der Waals surface area (Å²) in [5.74, 6) is 0.667. The number of ether oxygens (including phenoxy) is 1. The summed E-state index contributed by atoms with van der Waals surface area (Å²) in [6, 6.07) is 7.10. The third-order valence-electron chi connectivity index (χ3n) is 3.48. The van der Waals surface area contributed by atoms with Crippen molar-refractivity contribution in [3.8, 4) is 0 Å². The fourth-order valence-electron chi connectivity index (χ4n) is 2.52. The number of hydrogen-bond acceptors (Lipinski definition) is 3. The minimum Gasteiger partial charge on any atom is -0.478 e. The summed E-state index contributed by atoms with van der Waals surface area (Å²) in [5, 5.41) is 3.39. The highest BCUT2D eigenvalue weighted by Crippen LogP contribution is 2.17. The van der Waals surface area contributed by atoms with Crippen molar-refractivity contribution in [2.24, 2.45) is 4.99 Å². The van der Waals surface area contributed by atoms with E-state index in [1.54, 1.807) is 0 Å². The Kier molecular flexibility index (Phi) is 3.28. The first kappa shape index (κ1) is 11.7. The number of aliphatic imine (C=N–C) groups is 1. The van der Waals surface area contributed by atoms with E-state index in [-0.39, 0.29) is 11.9 Å². The van der Waals surface area contributed by atoms with Gasteiger partial charge in [0.2, 0.25) is 5.90 Å². The number of nitrogens with zero attached hydrogens (tertiary/aromatic N) is 1. The van der Waals surface area contributed by atoms with Gasteiger partial charge in [-0.1, -0.05) is 12.1 Å². The minimum atomic E-state index is -0.194. The molecule has 1 saturated heterocycles. The van der Waals surface area contributed by atoms with Crippen LogP contribution in [0.25, 0.3) is 0 Å². The normalized spacial score (nSPS) is 27.1. The molecule has 0 spiro atoms. The van der Waals surface area contributed by atoms with E-state index in [9.17, 15) is 4.39 Å². The van der Waals surface area contributed by atoms with Gasteiger partial charge in [0.1, 0.15) is 12.4 Å². The van der Waals surface area contributed by atoms with Crippen LogP contribution in [0.4, 0.5) is 4.39 Å². The molecule has 1 aromatic carbocycles. The molecule has 2 heterocycles. The first-order valence-electron chi connectivity index (χ1n) is 6.49. The van der Waals surface area contributed by atoms with E-state index in [1.165, 1.54) is 18.6 Å². The number of benzene rings is 1. The van der Waals surface area contributed by atoms with Crippen LogP contribution in [0.2, 0.25) is 0 Å². The lowest BCUT2D eigenvalue weighted by molar-refractivity contribution is 0.302. The average molecular weight is 248 g/mol. The van der Waals surface area contributed by atoms with Gasteiger partial charge in [-0.05, 0) is 43.5 Å². The van der Waals surface area contributed by atoms with Crippen molar-refractivity contribution in [2.75, 3.05) is 13.2 Å². The number of hydrogen-bond donors (Lipinski definition) is 1. The van der Waals surface area contributed by atoms with Crippen LogP contribution in [0.1, 0.15) is 18.4 Å². The Balaban J connectivity index is 1.62. The fourth-order valence-corrected chi connectivity index (χ4v) is 2.52. The van der Waals surface area contributed by atoms with E-state index >= 15 is 0 Å². The zero-order valence-corrected chi connectivity index (χ0v) is 10.2. The van der Waals surface area contributed by atoms with Gasteiger partial charge in [0.05, 0.1) is 12.1 Å². The number of halogens is 1. The molecule has 0 radical (unpaired) electrons. The van der Waals surface area contributed by atoms with Crippen LogP contribution in [0.15, 0.2) is 29.3 Å². The lowest BCUT2D eigenvalue weighted by atomic mass is 10.1. The molecule has 3 rings (SSSR count). The molecule has 3 nitrogen and oxygen atoms in total. The maximum absolute atomic E-state index is 12.8. The molecule has 1 N–H and O–H groups in total. The monoisotopic (exact) mass is 248 g/mol. The summed E-state index contributed by atoms with van der Waals surface area (Å²) in [6.45, 7) is 1.70. The quantitative estimate of drug-likeness (QED) is 0.886. The summed E-state index contributed by atoms with van der Waals surface area (Å²) in [6.07, 6.45) is 3.12. The number of rotatable bonds is 3. The van der Waals surface area contributed by atoms with Crippen molar-refractivity contribution >= 4 is 5.90 Å². The highest BCUT2D eigenvalue weighted by molar-refractivity contribution is 5.83. The Hall–Kier alpha value is -1.42. The molecule has 1 fully saturated rings. The Labute approximate surface area is 106 Å². The van der Waals surface area contributed by atoms with E-state index in [0.29, 0.717) is 12.6 Å². The van der Waals surface area contributed by atoms with Crippen molar-refractivity contribution < 1.29 is 9.13 Å². The number of nitrogens with one attached hydrogen (secondary N) is 1. The summed E-state index contributed by atoms with van der Waals surface area (Å²) in [7, 11) is 0. The predicted octanol–water partition coefficient (Wildman–Crippen LogP) is 1.92. The Bertz CT molecular complexity index is 438. The van der Waals surface area contributed by atoms with Gasteiger partial charge < -0.3 is 10.1 Å². The molecule has 96 valence electrons. The summed E-state index contributed by atoms with van der Waals surface area (Å²) in [5.41, 5.74) is 1.11. The molecule has 1 aromatic rings. The highest BCUT2D eigenvalue weighted by Gasteiger charge is 2.27. The Morgan fingerprint density at radius 3 is 2.89 bits per heavy atom. The second-order valence-corrected chi connectivity index (χ2v) is 4.91. The van der Waals surface area contributed by atoms with Crippen molar-refractivity contribution in [1.29, 1.82) is 0 Å². The molecule has 2 aliphatic heterocycles. The van der Waals surface area contributed by atoms with Gasteiger partial charge in [-0.15, -0.1) is 0 Å². The molecule has 2 unspecified atom stereocenters. The average Bonchev–Trinajstić information content (AvgIpc) is 3.02. The fraction of sp³-hybridized carbons (Fsp3) is 0.500. The third-order valence-corrected chi connectivity index (χ3v) is 3.48. The van der Waals surface area contributed by atoms with Crippen LogP contribution in [-0.4, -0.2) is 31.1 Å². The van der Waals surface area contributed by atoms with E-state index < -0.39 is 0 Å². The maximum atomic E-state index is 12.8. The highest BCUT2D eigenvalue weighted by atomic mass is 19.1. The zero-order chi connectivity index (χ0) is 12.4. The van der Waals surface area contributed by atoms with Crippen molar-refractivity contribution in [1.82, 2.24) is 5.32 Å². The van der Waals surface area contributed by atoms with Gasteiger partial charge in [0.25, 0.3) is 0 Å². The molecular weight excluding hydrogens is 231 g/mol.